The molecule has 0 fully saturated rings. The van der Waals surface area contributed by atoms with Crippen molar-refractivity contribution >= 4 is 29.1 Å². The zero-order valence-electron chi connectivity index (χ0n) is 20.4. The fraction of sp³-hybridized carbons (Fsp3) is 0.500. The van der Waals surface area contributed by atoms with Gasteiger partial charge in [-0.25, -0.2) is 0 Å². The first-order valence-corrected chi connectivity index (χ1v) is 12.7. The SMILES string of the molecule is CC(C)CN(Cc1cc(Cl)c2c(c1)OCCCO2)C(=O)C(C)CNCc1cc2c(cc1Cl)OCO2. The quantitative estimate of drug-likeness (QED) is 0.482. The maximum atomic E-state index is 13.4. The molecule has 0 aliphatic carbocycles. The topological polar surface area (TPSA) is 69.3 Å². The van der Waals surface area contributed by atoms with E-state index in [2.05, 4.69) is 19.2 Å². The molecule has 2 aromatic rings. The van der Waals surface area contributed by atoms with Crippen molar-refractivity contribution in [3.05, 3.63) is 45.4 Å². The molecular formula is C26H32Cl2N2O5. The van der Waals surface area contributed by atoms with E-state index in [1.165, 1.54) is 0 Å². The summed E-state index contributed by atoms with van der Waals surface area (Å²) in [6.07, 6.45) is 0.806. The smallest absolute Gasteiger partial charge is 0.231 e. The normalized spacial score (nSPS) is 15.1. The summed E-state index contributed by atoms with van der Waals surface area (Å²) in [6.45, 7) is 9.63. The highest BCUT2D eigenvalue weighted by Gasteiger charge is 2.24. The van der Waals surface area contributed by atoms with Crippen LogP contribution < -0.4 is 24.3 Å². The highest BCUT2D eigenvalue weighted by molar-refractivity contribution is 6.32. The lowest BCUT2D eigenvalue weighted by Gasteiger charge is -2.28. The summed E-state index contributed by atoms with van der Waals surface area (Å²) in [5.74, 6) is 2.73. The van der Waals surface area contributed by atoms with Gasteiger partial charge in [-0.15, -0.1) is 0 Å². The molecule has 2 aromatic carbocycles. The molecule has 190 valence electrons. The van der Waals surface area contributed by atoms with Gasteiger partial charge in [0.1, 0.15) is 0 Å². The number of rotatable bonds is 9. The van der Waals surface area contributed by atoms with E-state index in [1.54, 1.807) is 6.07 Å². The van der Waals surface area contributed by atoms with E-state index in [0.29, 0.717) is 78.4 Å². The minimum Gasteiger partial charge on any atom is -0.489 e. The van der Waals surface area contributed by atoms with Gasteiger partial charge in [0.25, 0.3) is 0 Å². The van der Waals surface area contributed by atoms with Crippen LogP contribution in [0.15, 0.2) is 24.3 Å². The Hall–Kier alpha value is -2.35. The first-order chi connectivity index (χ1) is 16.8. The molecule has 2 heterocycles. The Morgan fingerprint density at radius 2 is 1.71 bits per heavy atom. The standard InChI is InChI=1S/C26H32Cl2N2O5/c1-16(2)13-30(14-18-7-21(28)25-24(8-18)32-5-4-6-33-25)26(31)17(3)11-29-12-19-9-22-23(10-20(19)27)35-15-34-22/h7-10,16-17,29H,4-6,11-15H2,1-3H3. The highest BCUT2D eigenvalue weighted by Crippen LogP contribution is 2.39. The number of amides is 1. The van der Waals surface area contributed by atoms with Crippen LogP contribution >= 0.6 is 23.2 Å². The summed E-state index contributed by atoms with van der Waals surface area (Å²) in [5, 5.41) is 4.47. The third kappa shape index (κ3) is 6.46. The molecule has 0 saturated heterocycles. The number of nitrogens with zero attached hydrogens (tertiary/aromatic N) is 1. The van der Waals surface area contributed by atoms with Crippen LogP contribution in [0.3, 0.4) is 0 Å². The van der Waals surface area contributed by atoms with E-state index < -0.39 is 0 Å². The first kappa shape index (κ1) is 25.7. The summed E-state index contributed by atoms with van der Waals surface area (Å²) in [4.78, 5) is 15.3. The molecular weight excluding hydrogens is 491 g/mol. The lowest BCUT2D eigenvalue weighted by molar-refractivity contribution is -0.136. The number of ether oxygens (including phenoxy) is 4. The van der Waals surface area contributed by atoms with Crippen LogP contribution in [0.25, 0.3) is 0 Å². The maximum absolute atomic E-state index is 13.4. The average molecular weight is 523 g/mol. The Morgan fingerprint density at radius 1 is 0.971 bits per heavy atom. The minimum atomic E-state index is -0.225. The zero-order chi connectivity index (χ0) is 24.9. The molecule has 2 aliphatic heterocycles. The minimum absolute atomic E-state index is 0.0752. The molecule has 4 rings (SSSR count). The molecule has 7 nitrogen and oxygen atoms in total. The Kier molecular flexibility index (Phi) is 8.52. The summed E-state index contributed by atoms with van der Waals surface area (Å²) in [7, 11) is 0. The van der Waals surface area contributed by atoms with E-state index in [1.807, 2.05) is 30.0 Å². The van der Waals surface area contributed by atoms with Crippen LogP contribution in [-0.2, 0) is 17.9 Å². The number of nitrogens with one attached hydrogen (secondary N) is 1. The number of benzene rings is 2. The third-order valence-electron chi connectivity index (χ3n) is 5.86. The van der Waals surface area contributed by atoms with E-state index in [0.717, 1.165) is 17.5 Å². The number of hydrogen-bond acceptors (Lipinski definition) is 6. The van der Waals surface area contributed by atoms with E-state index in [9.17, 15) is 4.79 Å². The van der Waals surface area contributed by atoms with Gasteiger partial charge in [0, 0.05) is 49.6 Å². The van der Waals surface area contributed by atoms with Gasteiger partial charge >= 0.3 is 0 Å². The van der Waals surface area contributed by atoms with Crippen LogP contribution in [0.1, 0.15) is 38.3 Å². The van der Waals surface area contributed by atoms with Gasteiger partial charge in [0.15, 0.2) is 23.0 Å². The molecule has 9 heteroatoms. The predicted octanol–water partition coefficient (Wildman–Crippen LogP) is 5.29. The third-order valence-corrected chi connectivity index (χ3v) is 6.49. The van der Waals surface area contributed by atoms with Gasteiger partial charge < -0.3 is 29.2 Å². The number of fused-ring (bicyclic) bond motifs is 2. The van der Waals surface area contributed by atoms with Crippen LogP contribution in [-0.4, -0.2) is 43.9 Å². The molecule has 0 bridgehead atoms. The van der Waals surface area contributed by atoms with Crippen molar-refractivity contribution in [3.63, 3.8) is 0 Å². The molecule has 0 aromatic heterocycles. The van der Waals surface area contributed by atoms with Crippen molar-refractivity contribution in [2.45, 2.75) is 40.3 Å². The lowest BCUT2D eigenvalue weighted by Crippen LogP contribution is -2.40. The lowest BCUT2D eigenvalue weighted by atomic mass is 10.1. The van der Waals surface area contributed by atoms with Crippen LogP contribution in [0, 0.1) is 11.8 Å². The van der Waals surface area contributed by atoms with Gasteiger partial charge in [-0.1, -0.05) is 44.0 Å². The largest absolute Gasteiger partial charge is 0.489 e. The van der Waals surface area contributed by atoms with Crippen molar-refractivity contribution in [2.75, 3.05) is 33.1 Å². The van der Waals surface area contributed by atoms with Crippen molar-refractivity contribution in [3.8, 4) is 23.0 Å². The van der Waals surface area contributed by atoms with Crippen LogP contribution in [0.5, 0.6) is 23.0 Å². The predicted molar refractivity (Wildman–Crippen MR) is 136 cm³/mol. The Labute approximate surface area is 216 Å². The van der Waals surface area contributed by atoms with Crippen LogP contribution in [0.4, 0.5) is 0 Å². The molecule has 2 aliphatic rings. The number of carbonyl (C=O) groups excluding carboxylic acids is 1. The molecule has 1 N–H and O–H groups in total. The molecule has 1 atom stereocenters. The van der Waals surface area contributed by atoms with Crippen molar-refractivity contribution < 1.29 is 23.7 Å². The second-order valence-electron chi connectivity index (χ2n) is 9.40. The highest BCUT2D eigenvalue weighted by atomic mass is 35.5. The summed E-state index contributed by atoms with van der Waals surface area (Å²) < 4.78 is 22.4. The Balaban J connectivity index is 1.39. The van der Waals surface area contributed by atoms with Crippen LogP contribution in [0.2, 0.25) is 10.0 Å². The molecule has 1 amide bonds. The van der Waals surface area contributed by atoms with E-state index >= 15 is 0 Å². The average Bonchev–Trinajstić information content (AvgIpc) is 3.11. The van der Waals surface area contributed by atoms with Gasteiger partial charge in [0.2, 0.25) is 12.7 Å². The number of carbonyl (C=O) groups is 1. The Morgan fingerprint density at radius 3 is 2.49 bits per heavy atom. The number of halogens is 2. The fourth-order valence-electron chi connectivity index (χ4n) is 4.19. The van der Waals surface area contributed by atoms with Gasteiger partial charge in [-0.2, -0.15) is 0 Å². The molecule has 0 spiro atoms. The second-order valence-corrected chi connectivity index (χ2v) is 10.2. The molecule has 35 heavy (non-hydrogen) atoms. The molecule has 1 unspecified atom stereocenters. The fourth-order valence-corrected chi connectivity index (χ4v) is 4.69. The summed E-state index contributed by atoms with van der Waals surface area (Å²) in [5.41, 5.74) is 1.82. The second kappa shape index (κ2) is 11.6. The zero-order valence-corrected chi connectivity index (χ0v) is 21.9. The maximum Gasteiger partial charge on any atom is 0.231 e. The summed E-state index contributed by atoms with van der Waals surface area (Å²) >= 11 is 12.9. The van der Waals surface area contributed by atoms with Gasteiger partial charge in [-0.05, 0) is 35.2 Å². The summed E-state index contributed by atoms with van der Waals surface area (Å²) in [6, 6.07) is 7.43. The number of hydrogen-bond donors (Lipinski definition) is 1. The van der Waals surface area contributed by atoms with Crippen molar-refractivity contribution in [1.29, 1.82) is 0 Å². The van der Waals surface area contributed by atoms with Crippen molar-refractivity contribution in [1.82, 2.24) is 10.2 Å². The van der Waals surface area contributed by atoms with Gasteiger partial charge in [-0.3, -0.25) is 4.79 Å². The van der Waals surface area contributed by atoms with Gasteiger partial charge in [0.05, 0.1) is 18.2 Å². The van der Waals surface area contributed by atoms with E-state index in [4.69, 9.17) is 42.1 Å². The monoisotopic (exact) mass is 522 g/mol. The van der Waals surface area contributed by atoms with Crippen molar-refractivity contribution in [2.24, 2.45) is 11.8 Å². The van der Waals surface area contributed by atoms with E-state index in [-0.39, 0.29) is 18.6 Å². The molecule has 0 saturated carbocycles. The molecule has 0 radical (unpaired) electrons. The Bertz CT molecular complexity index is 1060. The first-order valence-electron chi connectivity index (χ1n) is 12.0.